The van der Waals surface area contributed by atoms with Gasteiger partial charge in [0.2, 0.25) is 5.78 Å². The van der Waals surface area contributed by atoms with Crippen LogP contribution < -0.4 is 14.8 Å². The van der Waals surface area contributed by atoms with Crippen molar-refractivity contribution in [3.05, 3.63) is 79.1 Å². The van der Waals surface area contributed by atoms with E-state index in [1.165, 1.54) is 29.2 Å². The Bertz CT molecular complexity index is 1050. The molecule has 0 unspecified atom stereocenters. The number of hydrogen-bond donors (Lipinski definition) is 1. The van der Waals surface area contributed by atoms with Gasteiger partial charge in [-0.25, -0.2) is 0 Å². The summed E-state index contributed by atoms with van der Waals surface area (Å²) < 4.78 is 6.12. The molecular weight excluding hydrogens is 334 g/mol. The number of ketones is 1. The quantitative estimate of drug-likeness (QED) is 0.737. The minimum absolute atomic E-state index is 0.0906. The number of carbonyl (C=O) groups is 1. The van der Waals surface area contributed by atoms with Gasteiger partial charge in [0.05, 0.1) is 15.5 Å². The molecule has 3 aromatic rings. The van der Waals surface area contributed by atoms with E-state index in [0.29, 0.717) is 9.20 Å². The number of furan rings is 1. The molecule has 0 saturated carbocycles. The number of aromatic amines is 1. The van der Waals surface area contributed by atoms with E-state index in [-0.39, 0.29) is 22.5 Å². The number of carbonyl (C=O) groups excluding carboxylic acids is 1. The zero-order valence-electron chi connectivity index (χ0n) is 14.3. The summed E-state index contributed by atoms with van der Waals surface area (Å²) >= 11 is 1.25. The predicted octanol–water partition coefficient (Wildman–Crippen LogP) is 2.82. The average molecular weight is 353 g/mol. The van der Waals surface area contributed by atoms with E-state index in [9.17, 15) is 9.59 Å². The Morgan fingerprint density at radius 1 is 1.16 bits per heavy atom. The van der Waals surface area contributed by atoms with Crippen molar-refractivity contribution in [3.63, 3.8) is 0 Å². The molecule has 0 radical (unpaired) electrons. The highest BCUT2D eigenvalue weighted by Crippen LogP contribution is 2.22. The third-order valence-corrected chi connectivity index (χ3v) is 4.74. The lowest BCUT2D eigenvalue weighted by Gasteiger charge is -2.18. The van der Waals surface area contributed by atoms with Crippen molar-refractivity contribution in [1.29, 1.82) is 0 Å². The number of aromatic nitrogens is 1. The fourth-order valence-electron chi connectivity index (χ4n) is 2.36. The molecule has 0 saturated heterocycles. The van der Waals surface area contributed by atoms with Crippen LogP contribution in [0.15, 0.2) is 51.9 Å². The van der Waals surface area contributed by atoms with E-state index in [2.05, 4.69) is 37.9 Å². The Hall–Kier alpha value is -2.66. The summed E-state index contributed by atoms with van der Waals surface area (Å²) in [4.78, 5) is 26.8. The predicted molar refractivity (Wildman–Crippen MR) is 100 cm³/mol. The molecule has 1 aromatic carbocycles. The van der Waals surface area contributed by atoms with E-state index in [1.54, 1.807) is 12.1 Å². The van der Waals surface area contributed by atoms with Crippen molar-refractivity contribution in [2.45, 2.75) is 26.2 Å². The van der Waals surface area contributed by atoms with Gasteiger partial charge in [0.25, 0.3) is 5.56 Å². The van der Waals surface area contributed by atoms with E-state index < -0.39 is 0 Å². The summed E-state index contributed by atoms with van der Waals surface area (Å²) in [6, 6.07) is 11.4. The van der Waals surface area contributed by atoms with E-state index in [4.69, 9.17) is 4.42 Å². The largest absolute Gasteiger partial charge is 0.461 e. The summed E-state index contributed by atoms with van der Waals surface area (Å²) in [5.41, 5.74) is 2.07. The lowest BCUT2D eigenvalue weighted by Crippen LogP contribution is -2.20. The van der Waals surface area contributed by atoms with Crippen LogP contribution in [-0.2, 0) is 5.41 Å². The van der Waals surface area contributed by atoms with Crippen LogP contribution in [0.25, 0.3) is 12.2 Å². The standard InChI is InChI=1S/C20H19NO3S/c1-20(2,3)14-8-6-13(7-9-14)11-17-19(23)21-18(25-17)12-15(22)16-5-4-10-24-16/h4-12H,1-3H3,(H,21,23). The van der Waals surface area contributed by atoms with Gasteiger partial charge in [-0.1, -0.05) is 45.0 Å². The highest BCUT2D eigenvalue weighted by Gasteiger charge is 2.12. The maximum Gasteiger partial charge on any atom is 0.266 e. The zero-order chi connectivity index (χ0) is 18.0. The monoisotopic (exact) mass is 353 g/mol. The Labute approximate surface area is 149 Å². The second kappa shape index (κ2) is 6.69. The van der Waals surface area contributed by atoms with Crippen molar-refractivity contribution < 1.29 is 9.21 Å². The molecule has 0 spiro atoms. The molecular formula is C20H19NO3S. The Balaban J connectivity index is 1.94. The molecule has 0 amide bonds. The second-order valence-electron chi connectivity index (χ2n) is 6.79. The zero-order valence-corrected chi connectivity index (χ0v) is 15.1. The first kappa shape index (κ1) is 17.2. The molecule has 0 atom stereocenters. The van der Waals surface area contributed by atoms with E-state index >= 15 is 0 Å². The third kappa shape index (κ3) is 4.06. The fourth-order valence-corrected chi connectivity index (χ4v) is 3.25. The second-order valence-corrected chi connectivity index (χ2v) is 7.87. The maximum absolute atomic E-state index is 12.1. The van der Waals surface area contributed by atoms with Crippen molar-refractivity contribution >= 4 is 29.3 Å². The number of rotatable bonds is 3. The van der Waals surface area contributed by atoms with Crippen molar-refractivity contribution in [1.82, 2.24) is 4.98 Å². The third-order valence-electron chi connectivity index (χ3n) is 3.78. The molecule has 0 aliphatic rings. The fraction of sp³-hybridized carbons (Fsp3) is 0.200. The van der Waals surface area contributed by atoms with Gasteiger partial charge in [-0.15, -0.1) is 11.3 Å². The van der Waals surface area contributed by atoms with Gasteiger partial charge in [0.1, 0.15) is 0 Å². The SMILES string of the molecule is CC(C)(C)c1ccc(C=c2sc(=CC(=O)c3ccco3)[nH]c2=O)cc1. The Morgan fingerprint density at radius 3 is 2.48 bits per heavy atom. The molecule has 128 valence electrons. The Kier molecular flexibility index (Phi) is 4.59. The lowest BCUT2D eigenvalue weighted by atomic mass is 9.87. The van der Waals surface area contributed by atoms with E-state index in [0.717, 1.165) is 5.56 Å². The summed E-state index contributed by atoms with van der Waals surface area (Å²) in [7, 11) is 0. The van der Waals surface area contributed by atoms with Gasteiger partial charge in [-0.2, -0.15) is 0 Å². The van der Waals surface area contributed by atoms with Gasteiger partial charge < -0.3 is 9.40 Å². The van der Waals surface area contributed by atoms with Gasteiger partial charge in [-0.3, -0.25) is 9.59 Å². The maximum atomic E-state index is 12.1. The molecule has 2 heterocycles. The highest BCUT2D eigenvalue weighted by atomic mass is 32.1. The van der Waals surface area contributed by atoms with Crippen LogP contribution in [0, 0.1) is 0 Å². The van der Waals surface area contributed by atoms with Crippen LogP contribution >= 0.6 is 11.3 Å². The number of H-pyrrole nitrogens is 1. The highest BCUT2D eigenvalue weighted by molar-refractivity contribution is 7.07. The van der Waals surface area contributed by atoms with Gasteiger partial charge in [0, 0.05) is 6.08 Å². The normalized spacial score (nSPS) is 13.4. The first-order chi connectivity index (χ1) is 11.8. The Morgan fingerprint density at radius 2 is 1.88 bits per heavy atom. The smallest absolute Gasteiger partial charge is 0.266 e. The summed E-state index contributed by atoms with van der Waals surface area (Å²) in [6.07, 6.45) is 4.65. The molecule has 4 nitrogen and oxygen atoms in total. The van der Waals surface area contributed by atoms with Crippen molar-refractivity contribution in [2.75, 3.05) is 0 Å². The molecule has 0 fully saturated rings. The first-order valence-electron chi connectivity index (χ1n) is 7.94. The van der Waals surface area contributed by atoms with Gasteiger partial charge >= 0.3 is 0 Å². The lowest BCUT2D eigenvalue weighted by molar-refractivity contribution is 0.103. The molecule has 0 aliphatic heterocycles. The molecule has 25 heavy (non-hydrogen) atoms. The minimum atomic E-state index is -0.274. The van der Waals surface area contributed by atoms with Crippen molar-refractivity contribution in [2.24, 2.45) is 0 Å². The minimum Gasteiger partial charge on any atom is -0.461 e. The number of thiazole rings is 1. The van der Waals surface area contributed by atoms with Crippen LogP contribution in [0.5, 0.6) is 0 Å². The van der Waals surface area contributed by atoms with Crippen LogP contribution in [-0.4, -0.2) is 10.8 Å². The number of benzene rings is 1. The number of hydrogen-bond acceptors (Lipinski definition) is 4. The topological polar surface area (TPSA) is 63.1 Å². The average Bonchev–Trinajstić information content (AvgIpc) is 3.18. The number of Topliss-reactive ketones (excluding diaryl/α,β-unsaturated/α-hetero) is 1. The van der Waals surface area contributed by atoms with Crippen LogP contribution in [0.4, 0.5) is 0 Å². The summed E-state index contributed by atoms with van der Waals surface area (Å²) in [5, 5.41) is 0. The molecule has 0 bridgehead atoms. The van der Waals surface area contributed by atoms with Crippen LogP contribution in [0.1, 0.15) is 42.5 Å². The molecule has 3 rings (SSSR count). The first-order valence-corrected chi connectivity index (χ1v) is 8.75. The van der Waals surface area contributed by atoms with Gasteiger partial charge in [-0.05, 0) is 34.8 Å². The van der Waals surface area contributed by atoms with Crippen LogP contribution in [0.2, 0.25) is 0 Å². The van der Waals surface area contributed by atoms with E-state index in [1.807, 2.05) is 18.2 Å². The summed E-state index contributed by atoms with van der Waals surface area (Å²) in [5.74, 6) is -0.0267. The van der Waals surface area contributed by atoms with Crippen molar-refractivity contribution in [3.8, 4) is 0 Å². The molecule has 0 aliphatic carbocycles. The summed E-state index contributed by atoms with van der Waals surface area (Å²) in [6.45, 7) is 6.48. The molecule has 5 heteroatoms. The van der Waals surface area contributed by atoms with Crippen LogP contribution in [0.3, 0.4) is 0 Å². The van der Waals surface area contributed by atoms with Gasteiger partial charge in [0.15, 0.2) is 5.76 Å². The number of nitrogens with one attached hydrogen (secondary N) is 1. The molecule has 1 N–H and O–H groups in total. The molecule has 2 aromatic heterocycles.